The van der Waals surface area contributed by atoms with Crippen LogP contribution in [0.15, 0.2) is 29.2 Å². The maximum atomic E-state index is 11.6. The summed E-state index contributed by atoms with van der Waals surface area (Å²) in [6.07, 6.45) is 5.91. The van der Waals surface area contributed by atoms with E-state index < -0.39 is 10.0 Å². The van der Waals surface area contributed by atoms with Crippen molar-refractivity contribution >= 4 is 27.5 Å². The van der Waals surface area contributed by atoms with Crippen LogP contribution in [0.4, 0.5) is 5.69 Å². The van der Waals surface area contributed by atoms with E-state index in [0.717, 1.165) is 5.25 Å². The summed E-state index contributed by atoms with van der Waals surface area (Å²) in [4.78, 5) is 1.23. The number of hydrogen-bond donors (Lipinski definition) is 1. The number of anilines is 1. The van der Waals surface area contributed by atoms with Crippen molar-refractivity contribution < 1.29 is 8.42 Å². The first-order valence-corrected chi connectivity index (χ1v) is 9.39. The zero-order valence-corrected chi connectivity index (χ0v) is 12.9. The van der Waals surface area contributed by atoms with Gasteiger partial charge in [-0.2, -0.15) is 0 Å². The van der Waals surface area contributed by atoms with Crippen molar-refractivity contribution in [1.29, 1.82) is 0 Å². The molecule has 106 valence electrons. The van der Waals surface area contributed by atoms with Gasteiger partial charge in [-0.1, -0.05) is 19.8 Å². The van der Waals surface area contributed by atoms with Crippen LogP contribution in [0.25, 0.3) is 0 Å². The van der Waals surface area contributed by atoms with Gasteiger partial charge in [0.15, 0.2) is 0 Å². The van der Waals surface area contributed by atoms with Gasteiger partial charge in [-0.25, -0.2) is 8.42 Å². The van der Waals surface area contributed by atoms with Crippen molar-refractivity contribution in [3.63, 3.8) is 0 Å². The van der Waals surface area contributed by atoms with Crippen LogP contribution < -0.4 is 4.72 Å². The summed E-state index contributed by atoms with van der Waals surface area (Å²) in [6.45, 7) is 1.86. The first-order valence-electron chi connectivity index (χ1n) is 6.86. The Balaban J connectivity index is 1.94. The maximum Gasteiger partial charge on any atom is 0.232 e. The summed E-state index contributed by atoms with van der Waals surface area (Å²) >= 11 is 1.91. The van der Waals surface area contributed by atoms with E-state index in [0.29, 0.717) is 12.1 Å². The molecule has 1 fully saturated rings. The summed E-state index contributed by atoms with van der Waals surface area (Å²) in [6, 6.07) is 7.72. The molecule has 19 heavy (non-hydrogen) atoms. The molecule has 1 aromatic carbocycles. The van der Waals surface area contributed by atoms with Gasteiger partial charge in [-0.15, -0.1) is 11.8 Å². The Kier molecular flexibility index (Phi) is 5.16. The van der Waals surface area contributed by atoms with E-state index >= 15 is 0 Å². The summed E-state index contributed by atoms with van der Waals surface area (Å²) in [5, 5.41) is 0.739. The summed E-state index contributed by atoms with van der Waals surface area (Å²) in [5.41, 5.74) is 0.657. The van der Waals surface area contributed by atoms with Crippen molar-refractivity contribution in [2.45, 2.75) is 49.2 Å². The largest absolute Gasteiger partial charge is 0.284 e. The predicted octanol–water partition coefficient (Wildman–Crippen LogP) is 3.87. The first-order chi connectivity index (χ1) is 9.09. The SMILES string of the molecule is CCCS(=O)(=O)Nc1ccc(SC2CCCC2)cc1. The highest BCUT2D eigenvalue weighted by atomic mass is 32.2. The van der Waals surface area contributed by atoms with E-state index in [1.54, 1.807) is 0 Å². The fourth-order valence-electron chi connectivity index (χ4n) is 2.30. The minimum atomic E-state index is -3.18. The van der Waals surface area contributed by atoms with Gasteiger partial charge >= 0.3 is 0 Å². The Morgan fingerprint density at radius 2 is 1.84 bits per heavy atom. The third-order valence-electron chi connectivity index (χ3n) is 3.21. The molecule has 2 rings (SSSR count). The topological polar surface area (TPSA) is 46.2 Å². The number of nitrogens with one attached hydrogen (secondary N) is 1. The fourth-order valence-corrected chi connectivity index (χ4v) is 4.68. The van der Waals surface area contributed by atoms with E-state index in [-0.39, 0.29) is 5.75 Å². The van der Waals surface area contributed by atoms with Gasteiger partial charge in [0.25, 0.3) is 0 Å². The molecule has 0 heterocycles. The van der Waals surface area contributed by atoms with Crippen LogP contribution in [0, 0.1) is 0 Å². The van der Waals surface area contributed by atoms with E-state index in [1.165, 1.54) is 30.6 Å². The summed E-state index contributed by atoms with van der Waals surface area (Å²) in [5.74, 6) is 0.172. The quantitative estimate of drug-likeness (QED) is 0.867. The molecule has 0 aliphatic heterocycles. The monoisotopic (exact) mass is 299 g/mol. The van der Waals surface area contributed by atoms with Gasteiger partial charge in [-0.05, 0) is 43.5 Å². The second kappa shape index (κ2) is 6.66. The Morgan fingerprint density at radius 1 is 1.21 bits per heavy atom. The van der Waals surface area contributed by atoms with Crippen LogP contribution in [-0.2, 0) is 10.0 Å². The lowest BCUT2D eigenvalue weighted by molar-refractivity contribution is 0.600. The van der Waals surface area contributed by atoms with E-state index in [2.05, 4.69) is 4.72 Å². The molecule has 3 nitrogen and oxygen atoms in total. The molecule has 1 saturated carbocycles. The number of benzene rings is 1. The third-order valence-corrected chi connectivity index (χ3v) is 6.05. The van der Waals surface area contributed by atoms with E-state index in [4.69, 9.17) is 0 Å². The molecule has 5 heteroatoms. The smallest absolute Gasteiger partial charge is 0.232 e. The maximum absolute atomic E-state index is 11.6. The van der Waals surface area contributed by atoms with Crippen LogP contribution in [0.2, 0.25) is 0 Å². The van der Waals surface area contributed by atoms with Crippen molar-refractivity contribution in [1.82, 2.24) is 0 Å². The second-order valence-corrected chi connectivity index (χ2v) is 8.19. The highest BCUT2D eigenvalue weighted by Crippen LogP contribution is 2.34. The molecule has 0 unspecified atom stereocenters. The van der Waals surface area contributed by atoms with Crippen molar-refractivity contribution in [3.05, 3.63) is 24.3 Å². The minimum absolute atomic E-state index is 0.172. The average molecular weight is 299 g/mol. The highest BCUT2D eigenvalue weighted by Gasteiger charge is 2.16. The van der Waals surface area contributed by atoms with Crippen LogP contribution in [0.1, 0.15) is 39.0 Å². The molecule has 0 saturated heterocycles. The molecular weight excluding hydrogens is 278 g/mol. The van der Waals surface area contributed by atoms with Gasteiger partial charge in [0, 0.05) is 15.8 Å². The first kappa shape index (κ1) is 14.7. The molecule has 0 atom stereocenters. The lowest BCUT2D eigenvalue weighted by atomic mass is 10.3. The third kappa shape index (κ3) is 4.73. The van der Waals surface area contributed by atoms with Crippen LogP contribution >= 0.6 is 11.8 Å². The highest BCUT2D eigenvalue weighted by molar-refractivity contribution is 8.00. The standard InChI is InChI=1S/C14H21NO2S2/c1-2-11-19(16,17)15-12-7-9-14(10-8-12)18-13-5-3-4-6-13/h7-10,13,15H,2-6,11H2,1H3. The number of hydrogen-bond acceptors (Lipinski definition) is 3. The number of sulfonamides is 1. The molecule has 1 aliphatic carbocycles. The average Bonchev–Trinajstić information content (AvgIpc) is 2.84. The molecule has 1 N–H and O–H groups in total. The Bertz CT molecular complexity index is 491. The fraction of sp³-hybridized carbons (Fsp3) is 0.571. The number of thioether (sulfide) groups is 1. The van der Waals surface area contributed by atoms with Crippen LogP contribution in [0.3, 0.4) is 0 Å². The van der Waals surface area contributed by atoms with Crippen molar-refractivity contribution in [2.24, 2.45) is 0 Å². The zero-order chi connectivity index (χ0) is 13.7. The molecule has 0 bridgehead atoms. The van der Waals surface area contributed by atoms with Gasteiger partial charge in [0.1, 0.15) is 0 Å². The van der Waals surface area contributed by atoms with Gasteiger partial charge < -0.3 is 0 Å². The van der Waals surface area contributed by atoms with Crippen molar-refractivity contribution in [2.75, 3.05) is 10.5 Å². The van der Waals surface area contributed by atoms with Gasteiger partial charge in [-0.3, -0.25) is 4.72 Å². The Labute approximate surface area is 120 Å². The molecular formula is C14H21NO2S2. The van der Waals surface area contributed by atoms with E-state index in [1.807, 2.05) is 43.0 Å². The predicted molar refractivity (Wildman–Crippen MR) is 82.3 cm³/mol. The Morgan fingerprint density at radius 3 is 2.42 bits per heavy atom. The second-order valence-electron chi connectivity index (χ2n) is 4.97. The van der Waals surface area contributed by atoms with Gasteiger partial charge in [0.05, 0.1) is 5.75 Å². The van der Waals surface area contributed by atoms with E-state index in [9.17, 15) is 8.42 Å². The molecule has 0 aromatic heterocycles. The normalized spacial score (nSPS) is 16.7. The minimum Gasteiger partial charge on any atom is -0.284 e. The van der Waals surface area contributed by atoms with Crippen molar-refractivity contribution in [3.8, 4) is 0 Å². The van der Waals surface area contributed by atoms with Gasteiger partial charge in [0.2, 0.25) is 10.0 Å². The lowest BCUT2D eigenvalue weighted by Gasteiger charge is -2.10. The van der Waals surface area contributed by atoms with Crippen LogP contribution in [0.5, 0.6) is 0 Å². The summed E-state index contributed by atoms with van der Waals surface area (Å²) < 4.78 is 25.9. The zero-order valence-electron chi connectivity index (χ0n) is 11.3. The molecule has 1 aromatic rings. The van der Waals surface area contributed by atoms with Crippen LogP contribution in [-0.4, -0.2) is 19.4 Å². The number of rotatable bonds is 6. The lowest BCUT2D eigenvalue weighted by Crippen LogP contribution is -2.15. The molecule has 1 aliphatic rings. The Hall–Kier alpha value is -0.680. The molecule has 0 spiro atoms. The summed E-state index contributed by atoms with van der Waals surface area (Å²) in [7, 11) is -3.18. The molecule has 0 amide bonds. The molecule has 0 radical (unpaired) electrons.